The predicted molar refractivity (Wildman–Crippen MR) is 249 cm³/mol. The van der Waals surface area contributed by atoms with E-state index >= 15 is 0 Å². The van der Waals surface area contributed by atoms with Crippen LogP contribution in [0.3, 0.4) is 0 Å². The Hall–Kier alpha value is -4.80. The molecule has 2 aliphatic rings. The molecule has 3 aromatic heterocycles. The van der Waals surface area contributed by atoms with Gasteiger partial charge in [-0.2, -0.15) is 15.0 Å². The highest BCUT2D eigenvalue weighted by Crippen LogP contribution is 2.24. The van der Waals surface area contributed by atoms with Gasteiger partial charge in [-0.15, -0.1) is 29.0 Å². The number of amides is 2. The molecule has 3 aromatic rings. The van der Waals surface area contributed by atoms with Crippen molar-refractivity contribution in [1.29, 1.82) is 0 Å². The van der Waals surface area contributed by atoms with Crippen LogP contribution in [0.25, 0.3) is 0 Å². The van der Waals surface area contributed by atoms with E-state index in [1.54, 1.807) is 35.6 Å². The predicted octanol–water partition coefficient (Wildman–Crippen LogP) is -0.544. The number of halogens is 1. The largest absolute Gasteiger partial charge is 0.393 e. The van der Waals surface area contributed by atoms with E-state index in [2.05, 4.69) is 41.7 Å². The Kier molecular flexibility index (Phi) is 23.7. The Labute approximate surface area is 393 Å². The molecule has 2 saturated heterocycles. The standard InChI is InChI=1S/C42H70N16O7.ClH/c1-4-22-63-24-26-65-27-25-64-23-13-45-40-46-41(55-18-14-53(15-19-55)38(61)36(9-5-7-11-43)57-30-34(49-51-57)28-32(2)59)48-42(47-40)56-20-16-54(17-21-56)39(62)37(10-6-8-12-44)58-31-35(50-52-58)29-33(3)60;/h1,30-33,36-37,59-60H,5-29,43-44H2,2-3H3,(H,45,46,47,48);1H/t32?,33?,36-,37-;/m0./s1. The van der Waals surface area contributed by atoms with Gasteiger partial charge in [0.1, 0.15) is 18.7 Å². The molecule has 4 atom stereocenters. The minimum atomic E-state index is -0.577. The van der Waals surface area contributed by atoms with Gasteiger partial charge in [-0.3, -0.25) is 9.59 Å². The number of rotatable bonds is 29. The summed E-state index contributed by atoms with van der Waals surface area (Å²) in [5, 5.41) is 40.0. The van der Waals surface area contributed by atoms with Gasteiger partial charge in [0.05, 0.1) is 56.6 Å². The van der Waals surface area contributed by atoms with Crippen molar-refractivity contribution in [1.82, 2.24) is 54.7 Å². The molecule has 0 saturated carbocycles. The highest BCUT2D eigenvalue weighted by Gasteiger charge is 2.33. The molecule has 368 valence electrons. The molecule has 2 aliphatic heterocycles. The molecule has 0 radical (unpaired) electrons. The van der Waals surface area contributed by atoms with Crippen molar-refractivity contribution in [3.63, 3.8) is 0 Å². The highest BCUT2D eigenvalue weighted by molar-refractivity contribution is 5.85. The van der Waals surface area contributed by atoms with E-state index in [1.165, 1.54) is 0 Å². The van der Waals surface area contributed by atoms with Crippen LogP contribution < -0.4 is 26.6 Å². The second kappa shape index (κ2) is 29.1. The maximum absolute atomic E-state index is 14.1. The van der Waals surface area contributed by atoms with E-state index in [-0.39, 0.29) is 30.8 Å². The SMILES string of the molecule is C#CCOCCOCCOCCNc1nc(N2CCN(C(=O)[C@H](CCCCN)n3cc(CC(C)O)nn3)CC2)nc(N2CCN(C(=O)[C@H](CCCCN)n3cc(CC(C)O)nn3)CC2)n1.Cl. The number of nitrogens with zero attached hydrogens (tertiary/aromatic N) is 13. The van der Waals surface area contributed by atoms with Crippen LogP contribution in [-0.4, -0.2) is 201 Å². The fourth-order valence-electron chi connectivity index (χ4n) is 7.62. The second-order valence-electron chi connectivity index (χ2n) is 16.4. The molecule has 66 heavy (non-hydrogen) atoms. The first-order valence-electron chi connectivity index (χ1n) is 22.9. The van der Waals surface area contributed by atoms with Gasteiger partial charge in [0.2, 0.25) is 29.7 Å². The van der Waals surface area contributed by atoms with Crippen molar-refractivity contribution in [3.05, 3.63) is 23.8 Å². The zero-order valence-electron chi connectivity index (χ0n) is 38.5. The van der Waals surface area contributed by atoms with Gasteiger partial charge in [-0.25, -0.2) is 9.36 Å². The topological polar surface area (TPSA) is 279 Å². The molecule has 2 unspecified atom stereocenters. The van der Waals surface area contributed by atoms with Crippen molar-refractivity contribution in [2.24, 2.45) is 11.5 Å². The van der Waals surface area contributed by atoms with Crippen LogP contribution in [-0.2, 0) is 36.6 Å². The first kappa shape index (κ1) is 53.8. The summed E-state index contributed by atoms with van der Waals surface area (Å²) in [6.07, 6.45) is 12.5. The second-order valence-corrected chi connectivity index (χ2v) is 16.4. The number of carbonyl (C=O) groups excluding carboxylic acids is 2. The third-order valence-electron chi connectivity index (χ3n) is 11.0. The van der Waals surface area contributed by atoms with E-state index < -0.39 is 24.3 Å². The number of ether oxygens (including phenoxy) is 3. The summed E-state index contributed by atoms with van der Waals surface area (Å²) in [7, 11) is 0. The van der Waals surface area contributed by atoms with Crippen molar-refractivity contribution in [2.45, 2.75) is 89.5 Å². The average Bonchev–Trinajstić information content (AvgIpc) is 3.97. The quantitative estimate of drug-likeness (QED) is 0.0432. The number of aromatic nitrogens is 9. The summed E-state index contributed by atoms with van der Waals surface area (Å²) in [4.78, 5) is 50.5. The van der Waals surface area contributed by atoms with Crippen LogP contribution in [0.4, 0.5) is 17.8 Å². The monoisotopic (exact) mass is 947 g/mol. The molecule has 5 rings (SSSR count). The lowest BCUT2D eigenvalue weighted by atomic mass is 10.1. The first-order valence-corrected chi connectivity index (χ1v) is 22.9. The molecule has 2 amide bonds. The van der Waals surface area contributed by atoms with Crippen LogP contribution >= 0.6 is 12.4 Å². The number of unbranched alkanes of at least 4 members (excludes halogenated alkanes) is 2. The van der Waals surface area contributed by atoms with Crippen molar-refractivity contribution >= 4 is 42.1 Å². The van der Waals surface area contributed by atoms with Crippen LogP contribution in [0, 0.1) is 12.3 Å². The summed E-state index contributed by atoms with van der Waals surface area (Å²) in [5.41, 5.74) is 12.8. The van der Waals surface area contributed by atoms with Gasteiger partial charge < -0.3 is 60.8 Å². The zero-order valence-corrected chi connectivity index (χ0v) is 39.3. The number of hydrogen-bond acceptors (Lipinski definition) is 19. The Morgan fingerprint density at radius 2 is 1.14 bits per heavy atom. The molecule has 0 aromatic carbocycles. The fraction of sp³-hybridized carbons (Fsp3) is 0.738. The van der Waals surface area contributed by atoms with E-state index in [4.69, 9.17) is 47.1 Å². The van der Waals surface area contributed by atoms with Crippen LogP contribution in [0.5, 0.6) is 0 Å². The fourth-order valence-corrected chi connectivity index (χ4v) is 7.62. The summed E-state index contributed by atoms with van der Waals surface area (Å²) < 4.78 is 19.7. The Balaban J connectivity index is 0.00000952. The minimum absolute atomic E-state index is 0. The molecule has 0 spiro atoms. The zero-order chi connectivity index (χ0) is 46.4. The third kappa shape index (κ3) is 17.1. The maximum Gasteiger partial charge on any atom is 0.247 e. The van der Waals surface area contributed by atoms with Crippen molar-refractivity contribution in [2.75, 3.05) is 127 Å². The van der Waals surface area contributed by atoms with Crippen LogP contribution in [0.1, 0.15) is 75.8 Å². The Morgan fingerprint density at radius 3 is 1.56 bits per heavy atom. The van der Waals surface area contributed by atoms with Crippen molar-refractivity contribution in [3.8, 4) is 12.3 Å². The normalized spacial score (nSPS) is 16.1. The van der Waals surface area contributed by atoms with E-state index in [0.29, 0.717) is 160 Å². The van der Waals surface area contributed by atoms with Gasteiger partial charge in [0, 0.05) is 84.1 Å². The summed E-state index contributed by atoms with van der Waals surface area (Å²) in [6.45, 7) is 10.9. The van der Waals surface area contributed by atoms with Gasteiger partial charge >= 0.3 is 0 Å². The summed E-state index contributed by atoms with van der Waals surface area (Å²) >= 11 is 0. The summed E-state index contributed by atoms with van der Waals surface area (Å²) in [5.74, 6) is 3.65. The number of nitrogens with one attached hydrogen (secondary N) is 1. The molecule has 24 heteroatoms. The minimum Gasteiger partial charge on any atom is -0.393 e. The molecular formula is C42H71ClN16O7. The van der Waals surface area contributed by atoms with Gasteiger partial charge in [-0.05, 0) is 65.5 Å². The van der Waals surface area contributed by atoms with Gasteiger partial charge in [-0.1, -0.05) is 16.3 Å². The highest BCUT2D eigenvalue weighted by atomic mass is 35.5. The number of piperazine rings is 2. The lowest BCUT2D eigenvalue weighted by Gasteiger charge is -2.38. The first-order chi connectivity index (χ1) is 31.6. The number of anilines is 3. The molecular weight excluding hydrogens is 876 g/mol. The van der Waals surface area contributed by atoms with E-state index in [9.17, 15) is 19.8 Å². The Bertz CT molecular complexity index is 1790. The number of terminal acetylenes is 1. The molecule has 23 nitrogen and oxygen atoms in total. The third-order valence-corrected chi connectivity index (χ3v) is 11.0. The lowest BCUT2D eigenvalue weighted by Crippen LogP contribution is -2.52. The molecule has 0 bridgehead atoms. The number of aliphatic hydroxyl groups is 2. The number of hydrogen-bond donors (Lipinski definition) is 5. The average molecular weight is 948 g/mol. The lowest BCUT2D eigenvalue weighted by molar-refractivity contribution is -0.136. The van der Waals surface area contributed by atoms with Crippen LogP contribution in [0.2, 0.25) is 0 Å². The van der Waals surface area contributed by atoms with Crippen LogP contribution in [0.15, 0.2) is 12.4 Å². The van der Waals surface area contributed by atoms with E-state index in [0.717, 1.165) is 25.7 Å². The number of aliphatic hydroxyl groups excluding tert-OH is 2. The maximum atomic E-state index is 14.1. The van der Waals surface area contributed by atoms with Gasteiger partial charge in [0.15, 0.2) is 0 Å². The molecule has 0 aliphatic carbocycles. The van der Waals surface area contributed by atoms with Gasteiger partial charge in [0.25, 0.3) is 0 Å². The number of nitrogens with two attached hydrogens (primary N) is 2. The Morgan fingerprint density at radius 1 is 0.697 bits per heavy atom. The summed E-state index contributed by atoms with van der Waals surface area (Å²) in [6, 6.07) is -1.08. The molecule has 5 heterocycles. The molecule has 7 N–H and O–H groups in total. The van der Waals surface area contributed by atoms with E-state index in [1.807, 2.05) is 9.80 Å². The molecule has 2 fully saturated rings. The van der Waals surface area contributed by atoms with Crippen molar-refractivity contribution < 1.29 is 34.0 Å². The smallest absolute Gasteiger partial charge is 0.247 e. The number of carbonyl (C=O) groups is 2.